The van der Waals surface area contributed by atoms with Crippen LogP contribution in [0.1, 0.15) is 36.5 Å². The summed E-state index contributed by atoms with van der Waals surface area (Å²) in [6.07, 6.45) is 2.94. The normalized spacial score (nSPS) is 12.0. The van der Waals surface area contributed by atoms with Gasteiger partial charge in [0.25, 0.3) is 0 Å². The van der Waals surface area contributed by atoms with Gasteiger partial charge >= 0.3 is 0 Å². The first-order chi connectivity index (χ1) is 19.0. The van der Waals surface area contributed by atoms with Crippen LogP contribution in [0.4, 0.5) is 5.69 Å². The van der Waals surface area contributed by atoms with Crippen LogP contribution in [0.15, 0.2) is 72.8 Å². The number of nitrogens with zero attached hydrogens (tertiary/aromatic N) is 2. The van der Waals surface area contributed by atoms with Crippen LogP contribution in [-0.2, 0) is 32.6 Å². The van der Waals surface area contributed by atoms with Crippen LogP contribution in [-0.4, -0.2) is 50.5 Å². The first kappa shape index (κ1) is 31.5. The molecule has 0 bridgehead atoms. The molecule has 0 aromatic heterocycles. The number of unbranched alkanes of at least 4 members (excludes halogenated alkanes) is 1. The van der Waals surface area contributed by atoms with E-state index in [1.807, 2.05) is 44.2 Å². The Morgan fingerprint density at radius 1 is 0.925 bits per heavy atom. The number of carbonyl (C=O) groups excluding carboxylic acids is 2. The number of carbonyl (C=O) groups is 2. The van der Waals surface area contributed by atoms with E-state index >= 15 is 0 Å². The molecule has 0 aliphatic heterocycles. The van der Waals surface area contributed by atoms with Gasteiger partial charge < -0.3 is 10.2 Å². The Balaban J connectivity index is 2.07. The number of amides is 2. The highest BCUT2D eigenvalue weighted by Gasteiger charge is 2.33. The second kappa shape index (κ2) is 14.5. The summed E-state index contributed by atoms with van der Waals surface area (Å²) in [7, 11) is -3.84. The van der Waals surface area contributed by atoms with Crippen molar-refractivity contribution in [2.75, 3.05) is 23.7 Å². The number of aryl methyl sites for hydroxylation is 1. The van der Waals surface area contributed by atoms with E-state index in [4.69, 9.17) is 23.2 Å². The van der Waals surface area contributed by atoms with Crippen LogP contribution in [0, 0.1) is 6.92 Å². The van der Waals surface area contributed by atoms with Crippen molar-refractivity contribution in [2.24, 2.45) is 0 Å². The summed E-state index contributed by atoms with van der Waals surface area (Å²) in [6.45, 7) is 3.78. The summed E-state index contributed by atoms with van der Waals surface area (Å²) in [6, 6.07) is 20.3. The summed E-state index contributed by atoms with van der Waals surface area (Å²) >= 11 is 13.0. The van der Waals surface area contributed by atoms with E-state index in [0.29, 0.717) is 27.8 Å². The van der Waals surface area contributed by atoms with E-state index in [1.165, 1.54) is 4.90 Å². The van der Waals surface area contributed by atoms with Gasteiger partial charge in [0.15, 0.2) is 0 Å². The van der Waals surface area contributed by atoms with Crippen molar-refractivity contribution in [2.45, 2.75) is 45.7 Å². The second-order valence-corrected chi connectivity index (χ2v) is 12.4. The van der Waals surface area contributed by atoms with E-state index in [9.17, 15) is 18.0 Å². The molecule has 214 valence electrons. The molecule has 40 heavy (non-hydrogen) atoms. The van der Waals surface area contributed by atoms with E-state index in [2.05, 4.69) is 5.32 Å². The third-order valence-electron chi connectivity index (χ3n) is 6.49. The van der Waals surface area contributed by atoms with Crippen LogP contribution in [0.25, 0.3) is 0 Å². The third-order valence-corrected chi connectivity index (χ3v) is 8.34. The maximum atomic E-state index is 14.1. The number of benzene rings is 3. The fraction of sp³-hybridized carbons (Fsp3) is 0.333. The van der Waals surface area contributed by atoms with Crippen molar-refractivity contribution in [1.82, 2.24) is 10.2 Å². The molecule has 0 saturated heterocycles. The van der Waals surface area contributed by atoms with Gasteiger partial charge in [-0.05, 0) is 43.2 Å². The summed E-state index contributed by atoms with van der Waals surface area (Å²) < 4.78 is 26.7. The smallest absolute Gasteiger partial charge is 0.244 e. The number of anilines is 1. The first-order valence-electron chi connectivity index (χ1n) is 13.1. The van der Waals surface area contributed by atoms with Gasteiger partial charge in [0.2, 0.25) is 21.8 Å². The minimum atomic E-state index is -3.84. The molecule has 1 atom stereocenters. The average molecular weight is 605 g/mol. The van der Waals surface area contributed by atoms with Gasteiger partial charge in [-0.15, -0.1) is 0 Å². The number of rotatable bonds is 13. The monoisotopic (exact) mass is 603 g/mol. The van der Waals surface area contributed by atoms with Crippen LogP contribution in [0.3, 0.4) is 0 Å². The van der Waals surface area contributed by atoms with Gasteiger partial charge in [0, 0.05) is 35.1 Å². The molecule has 0 saturated carbocycles. The average Bonchev–Trinajstić information content (AvgIpc) is 2.91. The van der Waals surface area contributed by atoms with Crippen molar-refractivity contribution in [3.8, 4) is 0 Å². The Morgan fingerprint density at radius 2 is 1.55 bits per heavy atom. The lowest BCUT2D eigenvalue weighted by Crippen LogP contribution is -2.53. The molecule has 7 nitrogen and oxygen atoms in total. The Hall–Kier alpha value is -3.07. The standard InChI is InChI=1S/C30H35Cl2N3O4S/c1-4-5-18-33-30(37)28(19-23-10-7-6-8-11-23)34(20-25-26(31)12-9-13-27(25)32)29(36)21-35(40(3,38)39)24-16-14-22(2)15-17-24/h6-17,28H,4-5,18-21H2,1-3H3,(H,33,37). The number of hydrogen-bond donors (Lipinski definition) is 1. The van der Waals surface area contributed by atoms with Gasteiger partial charge in [0.1, 0.15) is 12.6 Å². The molecule has 10 heteroatoms. The maximum absolute atomic E-state index is 14.1. The summed E-state index contributed by atoms with van der Waals surface area (Å²) in [5, 5.41) is 3.63. The highest BCUT2D eigenvalue weighted by atomic mass is 35.5. The van der Waals surface area contributed by atoms with Crippen LogP contribution < -0.4 is 9.62 Å². The van der Waals surface area contributed by atoms with Crippen molar-refractivity contribution >= 4 is 50.7 Å². The van der Waals surface area contributed by atoms with Gasteiger partial charge in [0.05, 0.1) is 11.9 Å². The summed E-state index contributed by atoms with van der Waals surface area (Å²) in [5.74, 6) is -0.899. The number of hydrogen-bond acceptors (Lipinski definition) is 4. The summed E-state index contributed by atoms with van der Waals surface area (Å²) in [5.41, 5.74) is 2.62. The topological polar surface area (TPSA) is 86.8 Å². The molecule has 3 aromatic carbocycles. The molecule has 0 heterocycles. The first-order valence-corrected chi connectivity index (χ1v) is 15.7. The van der Waals surface area contributed by atoms with Gasteiger partial charge in [-0.3, -0.25) is 13.9 Å². The molecule has 0 fully saturated rings. The van der Waals surface area contributed by atoms with Crippen LogP contribution in [0.2, 0.25) is 10.0 Å². The SMILES string of the molecule is CCCCNC(=O)C(Cc1ccccc1)N(Cc1c(Cl)cccc1Cl)C(=O)CN(c1ccc(C)cc1)S(C)(=O)=O. The molecular weight excluding hydrogens is 569 g/mol. The Morgan fingerprint density at radius 3 is 2.12 bits per heavy atom. The zero-order valence-electron chi connectivity index (χ0n) is 22.9. The molecule has 0 aliphatic carbocycles. The highest BCUT2D eigenvalue weighted by molar-refractivity contribution is 7.92. The Labute approximate surface area is 247 Å². The molecule has 3 aromatic rings. The zero-order chi connectivity index (χ0) is 29.3. The Kier molecular flexibility index (Phi) is 11.4. The largest absolute Gasteiger partial charge is 0.354 e. The molecule has 0 aliphatic rings. The van der Waals surface area contributed by atoms with Crippen LogP contribution in [0.5, 0.6) is 0 Å². The third kappa shape index (κ3) is 8.71. The molecule has 1 unspecified atom stereocenters. The minimum Gasteiger partial charge on any atom is -0.354 e. The minimum absolute atomic E-state index is 0.0818. The molecule has 1 N–H and O–H groups in total. The quantitative estimate of drug-likeness (QED) is 0.257. The zero-order valence-corrected chi connectivity index (χ0v) is 25.3. The van der Waals surface area contributed by atoms with Gasteiger partial charge in [-0.2, -0.15) is 0 Å². The maximum Gasteiger partial charge on any atom is 0.244 e. The van der Waals surface area contributed by atoms with Crippen molar-refractivity contribution in [3.63, 3.8) is 0 Å². The molecule has 0 spiro atoms. The molecule has 0 radical (unpaired) electrons. The second-order valence-electron chi connectivity index (χ2n) is 9.68. The molecule has 3 rings (SSSR count). The fourth-order valence-electron chi connectivity index (χ4n) is 4.24. The van der Waals surface area contributed by atoms with E-state index in [1.54, 1.807) is 42.5 Å². The summed E-state index contributed by atoms with van der Waals surface area (Å²) in [4.78, 5) is 29.1. The van der Waals surface area contributed by atoms with Crippen LogP contribution >= 0.6 is 23.2 Å². The van der Waals surface area contributed by atoms with Crippen molar-refractivity contribution < 1.29 is 18.0 Å². The lowest BCUT2D eigenvalue weighted by atomic mass is 10.0. The van der Waals surface area contributed by atoms with E-state index < -0.39 is 28.5 Å². The van der Waals surface area contributed by atoms with Gasteiger partial charge in [-0.25, -0.2) is 8.42 Å². The molecular formula is C30H35Cl2N3O4S. The fourth-order valence-corrected chi connectivity index (χ4v) is 5.61. The van der Waals surface area contributed by atoms with Crippen molar-refractivity contribution in [1.29, 1.82) is 0 Å². The Bertz CT molecular complexity index is 1380. The highest BCUT2D eigenvalue weighted by Crippen LogP contribution is 2.28. The van der Waals surface area contributed by atoms with Crippen molar-refractivity contribution in [3.05, 3.63) is 99.5 Å². The lowest BCUT2D eigenvalue weighted by Gasteiger charge is -2.34. The number of halogens is 2. The predicted molar refractivity (Wildman–Crippen MR) is 162 cm³/mol. The lowest BCUT2D eigenvalue weighted by molar-refractivity contribution is -0.140. The van der Waals surface area contributed by atoms with E-state index in [0.717, 1.165) is 34.5 Å². The molecule has 2 amide bonds. The van der Waals surface area contributed by atoms with E-state index in [-0.39, 0.29) is 18.9 Å². The van der Waals surface area contributed by atoms with Gasteiger partial charge in [-0.1, -0.05) is 90.6 Å². The number of sulfonamides is 1. The predicted octanol–water partition coefficient (Wildman–Crippen LogP) is 5.62. The number of nitrogens with one attached hydrogen (secondary N) is 1.